The highest BCUT2D eigenvalue weighted by atomic mass is 16.5. The first-order chi connectivity index (χ1) is 14.5. The average molecular weight is 411 g/mol. The second-order valence-corrected chi connectivity index (χ2v) is 8.95. The first-order valence-corrected chi connectivity index (χ1v) is 11.2. The number of benzene rings is 1. The number of anilines is 1. The molecule has 6 heteroatoms. The van der Waals surface area contributed by atoms with Gasteiger partial charge in [0.25, 0.3) is 0 Å². The van der Waals surface area contributed by atoms with Gasteiger partial charge in [0.15, 0.2) is 5.96 Å². The number of hydrogen-bond donors (Lipinski definition) is 2. The second-order valence-electron chi connectivity index (χ2n) is 8.95. The topological polar surface area (TPSA) is 66.0 Å². The van der Waals surface area contributed by atoms with E-state index in [4.69, 9.17) is 9.73 Å². The number of ether oxygens (including phenoxy) is 1. The standard InChI is InChI=1S/C24H34N4O2/c1-5-30-23(29)18-6-8-20(9-7-18)26-24(28-11-10-25-15(2)14-28)27-22-13-19-12-21(16(19)3)17(22)4/h6-9,15,17,19,21-22,25H,3,5,10-14H2,1-2,4H3,(H,26,27)/t15-,17-,19+,21+,22-/m0/s1. The number of aliphatic imine (C=N–C) groups is 1. The van der Waals surface area contributed by atoms with Gasteiger partial charge in [0, 0.05) is 31.4 Å². The molecule has 6 nitrogen and oxygen atoms in total. The number of guanidine groups is 1. The summed E-state index contributed by atoms with van der Waals surface area (Å²) < 4.78 is 5.09. The smallest absolute Gasteiger partial charge is 0.338 e. The van der Waals surface area contributed by atoms with Crippen molar-refractivity contribution < 1.29 is 9.53 Å². The van der Waals surface area contributed by atoms with Crippen molar-refractivity contribution in [2.24, 2.45) is 22.7 Å². The van der Waals surface area contributed by atoms with Gasteiger partial charge in [-0.3, -0.25) is 0 Å². The van der Waals surface area contributed by atoms with Crippen LogP contribution in [-0.2, 0) is 4.74 Å². The van der Waals surface area contributed by atoms with Gasteiger partial charge in [-0.15, -0.1) is 0 Å². The number of fused-ring (bicyclic) bond motifs is 2. The Labute approximate surface area is 179 Å². The Morgan fingerprint density at radius 1 is 1.30 bits per heavy atom. The van der Waals surface area contributed by atoms with Crippen molar-refractivity contribution in [1.29, 1.82) is 0 Å². The molecule has 2 N–H and O–H groups in total. The molecular weight excluding hydrogens is 376 g/mol. The SMILES string of the molecule is C=C1[C@H]2C[C@H](N=C(Nc3ccc(C(=O)OCC)cc3)N3CCN[C@@H](C)C3)[C@@H](C)[C@@H]1C2. The summed E-state index contributed by atoms with van der Waals surface area (Å²) >= 11 is 0. The molecule has 0 unspecified atom stereocenters. The van der Waals surface area contributed by atoms with Crippen LogP contribution in [0.15, 0.2) is 41.4 Å². The molecule has 4 fully saturated rings. The van der Waals surface area contributed by atoms with Crippen LogP contribution in [0.5, 0.6) is 0 Å². The van der Waals surface area contributed by atoms with Crippen LogP contribution in [0.1, 0.15) is 44.0 Å². The van der Waals surface area contributed by atoms with Crippen molar-refractivity contribution in [1.82, 2.24) is 10.2 Å². The fraction of sp³-hybridized carbons (Fsp3) is 0.583. The van der Waals surface area contributed by atoms with Gasteiger partial charge in [-0.1, -0.05) is 19.1 Å². The Bertz CT molecular complexity index is 819. The van der Waals surface area contributed by atoms with E-state index in [1.54, 1.807) is 12.1 Å². The third-order valence-corrected chi connectivity index (χ3v) is 6.92. The summed E-state index contributed by atoms with van der Waals surface area (Å²) in [6.07, 6.45) is 2.39. The van der Waals surface area contributed by atoms with E-state index in [0.717, 1.165) is 37.7 Å². The number of rotatable bonds is 4. The normalized spacial score (nSPS) is 31.2. The molecule has 5 atom stereocenters. The molecular formula is C24H34N4O2. The minimum atomic E-state index is -0.288. The first-order valence-electron chi connectivity index (χ1n) is 11.2. The van der Waals surface area contributed by atoms with E-state index in [9.17, 15) is 4.79 Å². The lowest BCUT2D eigenvalue weighted by Crippen LogP contribution is -2.54. The average Bonchev–Trinajstić information content (AvgIpc) is 2.74. The predicted molar refractivity (Wildman–Crippen MR) is 121 cm³/mol. The molecule has 5 rings (SSSR count). The maximum atomic E-state index is 11.9. The molecule has 1 aliphatic heterocycles. The van der Waals surface area contributed by atoms with Crippen molar-refractivity contribution in [3.8, 4) is 0 Å². The zero-order valence-electron chi connectivity index (χ0n) is 18.4. The maximum absolute atomic E-state index is 11.9. The summed E-state index contributed by atoms with van der Waals surface area (Å²) in [5.41, 5.74) is 2.94. The molecule has 1 heterocycles. The lowest BCUT2D eigenvalue weighted by atomic mass is 9.56. The van der Waals surface area contributed by atoms with Crippen LogP contribution in [0, 0.1) is 17.8 Å². The van der Waals surface area contributed by atoms with Gasteiger partial charge in [0.2, 0.25) is 0 Å². The molecule has 1 aromatic carbocycles. The van der Waals surface area contributed by atoms with Crippen LogP contribution < -0.4 is 10.6 Å². The van der Waals surface area contributed by atoms with E-state index in [0.29, 0.717) is 42.0 Å². The number of carbonyl (C=O) groups is 1. The van der Waals surface area contributed by atoms with Crippen molar-refractivity contribution in [3.63, 3.8) is 0 Å². The second kappa shape index (κ2) is 8.80. The lowest BCUT2D eigenvalue weighted by Gasteiger charge is -2.51. The summed E-state index contributed by atoms with van der Waals surface area (Å²) in [6.45, 7) is 13.8. The molecule has 3 aliphatic carbocycles. The lowest BCUT2D eigenvalue weighted by molar-refractivity contribution is 0.0526. The van der Waals surface area contributed by atoms with Gasteiger partial charge < -0.3 is 20.3 Å². The van der Waals surface area contributed by atoms with E-state index >= 15 is 0 Å². The molecule has 1 saturated heterocycles. The van der Waals surface area contributed by atoms with Crippen LogP contribution in [0.4, 0.5) is 5.69 Å². The Hall–Kier alpha value is -2.34. The van der Waals surface area contributed by atoms with Gasteiger partial charge in [-0.2, -0.15) is 0 Å². The third-order valence-electron chi connectivity index (χ3n) is 6.92. The molecule has 162 valence electrons. The molecule has 4 aliphatic rings. The monoisotopic (exact) mass is 410 g/mol. The van der Waals surface area contributed by atoms with Crippen molar-refractivity contribution in [2.75, 3.05) is 31.6 Å². The van der Waals surface area contributed by atoms with Crippen molar-refractivity contribution in [2.45, 2.75) is 45.7 Å². The highest BCUT2D eigenvalue weighted by Crippen LogP contribution is 2.53. The summed E-state index contributed by atoms with van der Waals surface area (Å²) in [4.78, 5) is 19.5. The number of allylic oxidation sites excluding steroid dienone is 1. The number of nitrogens with zero attached hydrogens (tertiary/aromatic N) is 2. The Balaban J connectivity index is 1.53. The fourth-order valence-corrected chi connectivity index (χ4v) is 5.00. The van der Waals surface area contributed by atoms with Gasteiger partial charge in [-0.05, 0) is 68.7 Å². The number of esters is 1. The number of piperazine rings is 1. The highest BCUT2D eigenvalue weighted by Gasteiger charge is 2.46. The third kappa shape index (κ3) is 4.24. The van der Waals surface area contributed by atoms with Crippen molar-refractivity contribution >= 4 is 17.6 Å². The summed E-state index contributed by atoms with van der Waals surface area (Å²) in [7, 11) is 0. The summed E-state index contributed by atoms with van der Waals surface area (Å²) in [5, 5.41) is 7.06. The Morgan fingerprint density at radius 2 is 2.07 bits per heavy atom. The van der Waals surface area contributed by atoms with Crippen LogP contribution in [0.2, 0.25) is 0 Å². The van der Waals surface area contributed by atoms with Gasteiger partial charge >= 0.3 is 5.97 Å². The van der Waals surface area contributed by atoms with Crippen LogP contribution >= 0.6 is 0 Å². The molecule has 0 amide bonds. The Morgan fingerprint density at radius 3 is 2.70 bits per heavy atom. The largest absolute Gasteiger partial charge is 0.462 e. The molecule has 2 bridgehead atoms. The zero-order chi connectivity index (χ0) is 21.3. The van der Waals surface area contributed by atoms with Gasteiger partial charge in [0.1, 0.15) is 0 Å². The molecule has 3 saturated carbocycles. The highest BCUT2D eigenvalue weighted by molar-refractivity contribution is 5.95. The van der Waals surface area contributed by atoms with Crippen LogP contribution in [0.3, 0.4) is 0 Å². The number of carbonyl (C=O) groups excluding carboxylic acids is 1. The summed E-state index contributed by atoms with van der Waals surface area (Å²) in [6, 6.07) is 8.22. The van der Waals surface area contributed by atoms with Gasteiger partial charge in [0.05, 0.1) is 18.2 Å². The maximum Gasteiger partial charge on any atom is 0.338 e. The quantitative estimate of drug-likeness (QED) is 0.344. The summed E-state index contributed by atoms with van der Waals surface area (Å²) in [5.74, 6) is 2.46. The van der Waals surface area contributed by atoms with Crippen molar-refractivity contribution in [3.05, 3.63) is 42.0 Å². The van der Waals surface area contributed by atoms with Crippen LogP contribution in [0.25, 0.3) is 0 Å². The molecule has 0 radical (unpaired) electrons. The van der Waals surface area contributed by atoms with Crippen LogP contribution in [-0.4, -0.2) is 55.2 Å². The number of nitrogens with one attached hydrogen (secondary N) is 2. The Kier molecular flexibility index (Phi) is 6.14. The van der Waals surface area contributed by atoms with Gasteiger partial charge in [-0.25, -0.2) is 9.79 Å². The van der Waals surface area contributed by atoms with E-state index in [-0.39, 0.29) is 5.97 Å². The zero-order valence-corrected chi connectivity index (χ0v) is 18.4. The van der Waals surface area contributed by atoms with E-state index in [2.05, 4.69) is 36.0 Å². The fourth-order valence-electron chi connectivity index (χ4n) is 5.00. The van der Waals surface area contributed by atoms with E-state index in [1.165, 1.54) is 12.0 Å². The molecule has 0 spiro atoms. The van der Waals surface area contributed by atoms with E-state index < -0.39 is 0 Å². The first kappa shape index (κ1) is 20.9. The predicted octanol–water partition coefficient (Wildman–Crippen LogP) is 3.53. The minimum Gasteiger partial charge on any atom is -0.462 e. The number of hydrogen-bond acceptors (Lipinski definition) is 4. The molecule has 0 aromatic heterocycles. The molecule has 30 heavy (non-hydrogen) atoms. The minimum absolute atomic E-state index is 0.288. The molecule has 1 aromatic rings. The van der Waals surface area contributed by atoms with E-state index in [1.807, 2.05) is 19.1 Å².